The number of benzene rings is 7. The SMILES string of the molecule is c1ccc(-c2nc(-c3ccc4c(c3)oc3ccccc34)nc(-c3ccc4c5c(cccc35)-c3c(cccc3-c3ccccc3)O4)n2)cc1. The Morgan fingerprint density at radius 3 is 1.90 bits per heavy atom. The van der Waals surface area contributed by atoms with Gasteiger partial charge in [0.25, 0.3) is 0 Å². The summed E-state index contributed by atoms with van der Waals surface area (Å²) in [5.74, 6) is 3.44. The highest BCUT2D eigenvalue weighted by molar-refractivity contribution is 6.11. The Kier molecular flexibility index (Phi) is 5.81. The third-order valence-corrected chi connectivity index (χ3v) is 9.15. The Labute approximate surface area is 275 Å². The predicted molar refractivity (Wildman–Crippen MR) is 192 cm³/mol. The summed E-state index contributed by atoms with van der Waals surface area (Å²) in [4.78, 5) is 15.2. The highest BCUT2D eigenvalue weighted by Gasteiger charge is 2.25. The average Bonchev–Trinajstić information content (AvgIpc) is 3.53. The van der Waals surface area contributed by atoms with Gasteiger partial charge < -0.3 is 9.15 Å². The molecule has 2 aromatic heterocycles. The molecule has 5 nitrogen and oxygen atoms in total. The van der Waals surface area contributed by atoms with Crippen molar-refractivity contribution in [3.05, 3.63) is 152 Å². The monoisotopic (exact) mass is 615 g/mol. The maximum Gasteiger partial charge on any atom is 0.164 e. The van der Waals surface area contributed by atoms with Crippen LogP contribution in [0.5, 0.6) is 11.5 Å². The van der Waals surface area contributed by atoms with Gasteiger partial charge in [-0.3, -0.25) is 0 Å². The fourth-order valence-electron chi connectivity index (χ4n) is 6.94. The minimum absolute atomic E-state index is 0.578. The molecule has 7 aromatic carbocycles. The molecule has 224 valence electrons. The number of furan rings is 1. The fraction of sp³-hybridized carbons (Fsp3) is 0. The van der Waals surface area contributed by atoms with Crippen LogP contribution in [0.2, 0.25) is 0 Å². The molecular formula is C43H25N3O2. The molecule has 0 bridgehead atoms. The first-order valence-corrected chi connectivity index (χ1v) is 15.9. The van der Waals surface area contributed by atoms with Gasteiger partial charge in [0.1, 0.15) is 22.7 Å². The molecule has 9 aromatic rings. The van der Waals surface area contributed by atoms with E-state index in [-0.39, 0.29) is 0 Å². The highest BCUT2D eigenvalue weighted by atomic mass is 16.5. The second-order valence-corrected chi connectivity index (χ2v) is 12.0. The van der Waals surface area contributed by atoms with Crippen LogP contribution in [0.15, 0.2) is 156 Å². The summed E-state index contributed by atoms with van der Waals surface area (Å²) >= 11 is 0. The van der Waals surface area contributed by atoms with Gasteiger partial charge in [0, 0.05) is 38.4 Å². The van der Waals surface area contributed by atoms with Gasteiger partial charge in [-0.1, -0.05) is 115 Å². The Morgan fingerprint density at radius 1 is 0.375 bits per heavy atom. The van der Waals surface area contributed by atoms with Gasteiger partial charge in [0.05, 0.1) is 0 Å². The van der Waals surface area contributed by atoms with Crippen LogP contribution in [0, 0.1) is 0 Å². The molecule has 0 amide bonds. The molecule has 3 heterocycles. The number of hydrogen-bond acceptors (Lipinski definition) is 5. The van der Waals surface area contributed by atoms with Crippen LogP contribution in [-0.4, -0.2) is 15.0 Å². The average molecular weight is 616 g/mol. The largest absolute Gasteiger partial charge is 0.456 e. The predicted octanol–water partition coefficient (Wildman–Crippen LogP) is 11.4. The number of hydrogen-bond donors (Lipinski definition) is 0. The van der Waals surface area contributed by atoms with E-state index >= 15 is 0 Å². The Morgan fingerprint density at radius 2 is 1.04 bits per heavy atom. The van der Waals surface area contributed by atoms with E-state index in [2.05, 4.69) is 78.9 Å². The molecule has 5 heteroatoms. The molecule has 0 aliphatic carbocycles. The lowest BCUT2D eigenvalue weighted by Crippen LogP contribution is -2.02. The first-order valence-electron chi connectivity index (χ1n) is 15.9. The van der Waals surface area contributed by atoms with Crippen molar-refractivity contribution in [3.8, 4) is 67.9 Å². The number of nitrogens with zero attached hydrogens (tertiary/aromatic N) is 3. The summed E-state index contributed by atoms with van der Waals surface area (Å²) in [5, 5.41) is 4.20. The maximum absolute atomic E-state index is 6.59. The summed E-state index contributed by atoms with van der Waals surface area (Å²) < 4.78 is 12.8. The highest BCUT2D eigenvalue weighted by Crippen LogP contribution is 2.51. The maximum atomic E-state index is 6.59. The molecule has 1 aliphatic rings. The van der Waals surface area contributed by atoms with Crippen LogP contribution >= 0.6 is 0 Å². The van der Waals surface area contributed by atoms with Crippen molar-refractivity contribution < 1.29 is 9.15 Å². The zero-order valence-electron chi connectivity index (χ0n) is 25.6. The zero-order valence-corrected chi connectivity index (χ0v) is 25.6. The standard InChI is InChI=1S/C43H25N3O2/c1-3-11-26(12-4-1)29-16-10-20-36-39(29)34-18-9-17-32-33(23-24-37(48-36)40(32)34)43-45-41(27-13-5-2-6-14-27)44-42(46-43)28-21-22-31-30-15-7-8-19-35(30)47-38(31)25-28/h1-25H. The number of para-hydroxylation sites is 1. The van der Waals surface area contributed by atoms with Crippen molar-refractivity contribution in [1.29, 1.82) is 0 Å². The first-order chi connectivity index (χ1) is 23.8. The molecule has 0 unspecified atom stereocenters. The molecule has 0 radical (unpaired) electrons. The zero-order chi connectivity index (χ0) is 31.6. The first kappa shape index (κ1) is 26.6. The van der Waals surface area contributed by atoms with Gasteiger partial charge >= 0.3 is 0 Å². The molecule has 0 saturated carbocycles. The minimum atomic E-state index is 0.578. The van der Waals surface area contributed by atoms with E-state index in [0.29, 0.717) is 17.5 Å². The Hall–Kier alpha value is -6.59. The smallest absolute Gasteiger partial charge is 0.164 e. The van der Waals surface area contributed by atoms with Crippen LogP contribution < -0.4 is 4.74 Å². The van der Waals surface area contributed by atoms with Gasteiger partial charge in [0.2, 0.25) is 0 Å². The lowest BCUT2D eigenvalue weighted by atomic mass is 9.88. The quantitative estimate of drug-likeness (QED) is 0.197. The number of rotatable bonds is 4. The second kappa shape index (κ2) is 10.5. The van der Waals surface area contributed by atoms with Crippen molar-refractivity contribution in [1.82, 2.24) is 15.0 Å². The van der Waals surface area contributed by atoms with E-state index in [1.165, 1.54) is 0 Å². The van der Waals surface area contributed by atoms with Crippen molar-refractivity contribution >= 4 is 32.7 Å². The van der Waals surface area contributed by atoms with E-state index in [1.807, 2.05) is 72.8 Å². The molecule has 1 aliphatic heterocycles. The molecular weight excluding hydrogens is 590 g/mol. The second-order valence-electron chi connectivity index (χ2n) is 12.0. The van der Waals surface area contributed by atoms with Crippen molar-refractivity contribution in [2.45, 2.75) is 0 Å². The van der Waals surface area contributed by atoms with Gasteiger partial charge in [0.15, 0.2) is 17.5 Å². The van der Waals surface area contributed by atoms with Crippen LogP contribution in [0.3, 0.4) is 0 Å². The lowest BCUT2D eigenvalue weighted by molar-refractivity contribution is 0.487. The summed E-state index contributed by atoms with van der Waals surface area (Å²) in [7, 11) is 0. The van der Waals surface area contributed by atoms with Crippen LogP contribution in [-0.2, 0) is 0 Å². The van der Waals surface area contributed by atoms with E-state index in [0.717, 1.165) is 83.2 Å². The van der Waals surface area contributed by atoms with Crippen molar-refractivity contribution in [3.63, 3.8) is 0 Å². The molecule has 0 fully saturated rings. The normalized spacial score (nSPS) is 11.9. The topological polar surface area (TPSA) is 61.0 Å². The lowest BCUT2D eigenvalue weighted by Gasteiger charge is -2.24. The number of fused-ring (bicyclic) bond motifs is 5. The minimum Gasteiger partial charge on any atom is -0.456 e. The summed E-state index contributed by atoms with van der Waals surface area (Å²) in [6.07, 6.45) is 0. The molecule has 10 rings (SSSR count). The van der Waals surface area contributed by atoms with Gasteiger partial charge in [-0.05, 0) is 58.5 Å². The Balaban J connectivity index is 1.19. The third kappa shape index (κ3) is 4.15. The number of aromatic nitrogens is 3. The Bertz CT molecular complexity index is 2700. The summed E-state index contributed by atoms with van der Waals surface area (Å²) in [5.41, 5.74) is 8.81. The molecule has 0 saturated heterocycles. The van der Waals surface area contributed by atoms with Crippen LogP contribution in [0.25, 0.3) is 89.1 Å². The molecule has 0 N–H and O–H groups in total. The number of ether oxygens (including phenoxy) is 1. The van der Waals surface area contributed by atoms with Crippen LogP contribution in [0.4, 0.5) is 0 Å². The third-order valence-electron chi connectivity index (χ3n) is 9.15. The van der Waals surface area contributed by atoms with Gasteiger partial charge in [-0.15, -0.1) is 0 Å². The van der Waals surface area contributed by atoms with Gasteiger partial charge in [-0.25, -0.2) is 15.0 Å². The van der Waals surface area contributed by atoms with E-state index in [4.69, 9.17) is 24.1 Å². The van der Waals surface area contributed by atoms with Crippen LogP contribution in [0.1, 0.15) is 0 Å². The van der Waals surface area contributed by atoms with E-state index < -0.39 is 0 Å². The summed E-state index contributed by atoms with van der Waals surface area (Å²) in [6, 6.07) is 51.5. The summed E-state index contributed by atoms with van der Waals surface area (Å²) in [6.45, 7) is 0. The van der Waals surface area contributed by atoms with Crippen molar-refractivity contribution in [2.24, 2.45) is 0 Å². The molecule has 0 spiro atoms. The van der Waals surface area contributed by atoms with Gasteiger partial charge in [-0.2, -0.15) is 0 Å². The molecule has 48 heavy (non-hydrogen) atoms. The molecule has 0 atom stereocenters. The van der Waals surface area contributed by atoms with E-state index in [9.17, 15) is 0 Å². The van der Waals surface area contributed by atoms with Crippen molar-refractivity contribution in [2.75, 3.05) is 0 Å². The van der Waals surface area contributed by atoms with E-state index in [1.54, 1.807) is 0 Å². The fourth-order valence-corrected chi connectivity index (χ4v) is 6.94.